The Morgan fingerprint density at radius 1 is 0.909 bits per heavy atom. The largest absolute Gasteiger partial charge is 0.399 e. The molecule has 22 heavy (non-hydrogen) atoms. The Hall–Kier alpha value is -2.14. The van der Waals surface area contributed by atoms with E-state index in [2.05, 4.69) is 33.1 Å². The van der Waals surface area contributed by atoms with Gasteiger partial charge in [-0.1, -0.05) is 12.1 Å². The highest BCUT2D eigenvalue weighted by Crippen LogP contribution is 2.32. The summed E-state index contributed by atoms with van der Waals surface area (Å²) >= 11 is 0. The van der Waals surface area contributed by atoms with Gasteiger partial charge in [0.25, 0.3) is 0 Å². The predicted molar refractivity (Wildman–Crippen MR) is 88.6 cm³/mol. The van der Waals surface area contributed by atoms with Crippen molar-refractivity contribution in [3.63, 3.8) is 0 Å². The third-order valence-corrected chi connectivity index (χ3v) is 4.85. The Labute approximate surface area is 130 Å². The van der Waals surface area contributed by atoms with Gasteiger partial charge in [-0.05, 0) is 43.1 Å². The van der Waals surface area contributed by atoms with Gasteiger partial charge in [-0.25, -0.2) is 0 Å². The number of likely N-dealkylation sites (tertiary alicyclic amines) is 1. The fourth-order valence-electron chi connectivity index (χ4n) is 3.72. The molecule has 114 valence electrons. The van der Waals surface area contributed by atoms with Gasteiger partial charge in [0.05, 0.1) is 5.69 Å². The number of benzene rings is 1. The Bertz CT molecular complexity index is 638. The summed E-state index contributed by atoms with van der Waals surface area (Å²) in [5.41, 5.74) is 8.43. The molecule has 0 radical (unpaired) electrons. The zero-order valence-corrected chi connectivity index (χ0v) is 12.8. The van der Waals surface area contributed by atoms with Gasteiger partial charge in [0.15, 0.2) is 5.82 Å². The maximum absolute atomic E-state index is 5.72. The molecule has 0 bridgehead atoms. The number of nitrogens with two attached hydrogens (primary N) is 1. The van der Waals surface area contributed by atoms with Gasteiger partial charge >= 0.3 is 0 Å². The fraction of sp³-hybridized carbons (Fsp3) is 0.412. The Kier molecular flexibility index (Phi) is 3.22. The molecule has 2 unspecified atom stereocenters. The first-order chi connectivity index (χ1) is 10.7. The van der Waals surface area contributed by atoms with Crippen LogP contribution < -0.4 is 10.6 Å². The van der Waals surface area contributed by atoms with E-state index >= 15 is 0 Å². The van der Waals surface area contributed by atoms with E-state index in [1.165, 1.54) is 13.1 Å². The molecule has 2 aromatic rings. The van der Waals surface area contributed by atoms with E-state index in [0.29, 0.717) is 0 Å². The number of aromatic nitrogens is 2. The SMILES string of the molecule is CN1CC2CN(c3ccc(-c4ccc(N)cc4)nn3)CC2C1. The summed E-state index contributed by atoms with van der Waals surface area (Å²) in [6.07, 6.45) is 0. The first-order valence-electron chi connectivity index (χ1n) is 7.82. The maximum Gasteiger partial charge on any atom is 0.151 e. The molecule has 4 rings (SSSR count). The summed E-state index contributed by atoms with van der Waals surface area (Å²) in [4.78, 5) is 4.81. The van der Waals surface area contributed by atoms with E-state index in [1.807, 2.05) is 30.3 Å². The number of hydrogen-bond donors (Lipinski definition) is 1. The van der Waals surface area contributed by atoms with E-state index in [0.717, 1.165) is 47.7 Å². The quantitative estimate of drug-likeness (QED) is 0.855. The average molecular weight is 295 g/mol. The highest BCUT2D eigenvalue weighted by Gasteiger charge is 2.39. The number of hydrogen-bond acceptors (Lipinski definition) is 5. The highest BCUT2D eigenvalue weighted by atomic mass is 15.3. The van der Waals surface area contributed by atoms with Crippen molar-refractivity contribution in [2.24, 2.45) is 11.8 Å². The molecule has 0 aliphatic carbocycles. The van der Waals surface area contributed by atoms with Crippen LogP contribution in [0.5, 0.6) is 0 Å². The van der Waals surface area contributed by atoms with Gasteiger partial charge < -0.3 is 15.5 Å². The molecule has 2 aliphatic heterocycles. The van der Waals surface area contributed by atoms with Crippen LogP contribution in [0.25, 0.3) is 11.3 Å². The first kappa shape index (κ1) is 13.5. The highest BCUT2D eigenvalue weighted by molar-refractivity contribution is 5.62. The van der Waals surface area contributed by atoms with Crippen LogP contribution in [0, 0.1) is 11.8 Å². The van der Waals surface area contributed by atoms with Crippen molar-refractivity contribution in [1.82, 2.24) is 15.1 Å². The van der Waals surface area contributed by atoms with Crippen LogP contribution in [0.15, 0.2) is 36.4 Å². The zero-order chi connectivity index (χ0) is 15.1. The lowest BCUT2D eigenvalue weighted by Crippen LogP contribution is -2.27. The van der Waals surface area contributed by atoms with Crippen LogP contribution in [0.3, 0.4) is 0 Å². The van der Waals surface area contributed by atoms with Crippen molar-refractivity contribution >= 4 is 11.5 Å². The number of rotatable bonds is 2. The van der Waals surface area contributed by atoms with Crippen molar-refractivity contribution in [1.29, 1.82) is 0 Å². The second-order valence-corrected chi connectivity index (χ2v) is 6.55. The second-order valence-electron chi connectivity index (χ2n) is 6.55. The van der Waals surface area contributed by atoms with Crippen LogP contribution in [-0.4, -0.2) is 48.3 Å². The minimum Gasteiger partial charge on any atom is -0.399 e. The lowest BCUT2D eigenvalue weighted by atomic mass is 10.0. The summed E-state index contributed by atoms with van der Waals surface area (Å²) in [7, 11) is 2.21. The molecule has 0 spiro atoms. The molecule has 1 aromatic heterocycles. The van der Waals surface area contributed by atoms with Crippen molar-refractivity contribution in [2.75, 3.05) is 43.9 Å². The number of fused-ring (bicyclic) bond motifs is 1. The molecule has 3 heterocycles. The fourth-order valence-corrected chi connectivity index (χ4v) is 3.72. The van der Waals surface area contributed by atoms with Crippen LogP contribution >= 0.6 is 0 Å². The summed E-state index contributed by atoms with van der Waals surface area (Å²) in [6, 6.07) is 11.9. The van der Waals surface area contributed by atoms with Crippen LogP contribution in [-0.2, 0) is 0 Å². The van der Waals surface area contributed by atoms with Crippen molar-refractivity contribution < 1.29 is 0 Å². The van der Waals surface area contributed by atoms with Crippen LogP contribution in [0.1, 0.15) is 0 Å². The minimum absolute atomic E-state index is 0.766. The Balaban J connectivity index is 1.50. The molecular weight excluding hydrogens is 274 g/mol. The molecule has 5 nitrogen and oxygen atoms in total. The van der Waals surface area contributed by atoms with Crippen molar-refractivity contribution in [2.45, 2.75) is 0 Å². The molecule has 2 fully saturated rings. The van der Waals surface area contributed by atoms with Gasteiger partial charge in [0.1, 0.15) is 0 Å². The number of anilines is 2. The Morgan fingerprint density at radius 2 is 1.59 bits per heavy atom. The van der Waals surface area contributed by atoms with E-state index in [4.69, 9.17) is 5.73 Å². The molecule has 1 aromatic carbocycles. The third kappa shape index (κ3) is 2.41. The third-order valence-electron chi connectivity index (χ3n) is 4.85. The zero-order valence-electron chi connectivity index (χ0n) is 12.8. The van der Waals surface area contributed by atoms with Crippen LogP contribution in [0.4, 0.5) is 11.5 Å². The smallest absolute Gasteiger partial charge is 0.151 e. The standard InChI is InChI=1S/C17H21N5/c1-21-8-13-10-22(11-14(13)9-21)17-7-6-16(19-20-17)12-2-4-15(18)5-3-12/h2-7,13-14H,8-11,18H2,1H3. The topological polar surface area (TPSA) is 58.3 Å². The lowest BCUT2D eigenvalue weighted by Gasteiger charge is -2.19. The monoisotopic (exact) mass is 295 g/mol. The summed E-state index contributed by atoms with van der Waals surface area (Å²) in [5, 5.41) is 8.83. The van der Waals surface area contributed by atoms with Gasteiger partial charge in [-0.3, -0.25) is 0 Å². The van der Waals surface area contributed by atoms with Gasteiger partial charge in [0, 0.05) is 37.4 Å². The van der Waals surface area contributed by atoms with Crippen LogP contribution in [0.2, 0.25) is 0 Å². The van der Waals surface area contributed by atoms with Crippen molar-refractivity contribution in [3.05, 3.63) is 36.4 Å². The second kappa shape index (κ2) is 5.25. The van der Waals surface area contributed by atoms with E-state index in [1.54, 1.807) is 0 Å². The number of nitrogens with zero attached hydrogens (tertiary/aromatic N) is 4. The van der Waals surface area contributed by atoms with Gasteiger partial charge in [0.2, 0.25) is 0 Å². The molecule has 2 atom stereocenters. The number of nitrogen functional groups attached to an aromatic ring is 1. The molecule has 2 N–H and O–H groups in total. The molecule has 0 amide bonds. The average Bonchev–Trinajstić information content (AvgIpc) is 3.05. The molecular formula is C17H21N5. The Morgan fingerprint density at radius 3 is 2.18 bits per heavy atom. The molecule has 5 heteroatoms. The van der Waals surface area contributed by atoms with Crippen molar-refractivity contribution in [3.8, 4) is 11.3 Å². The van der Waals surface area contributed by atoms with E-state index < -0.39 is 0 Å². The first-order valence-corrected chi connectivity index (χ1v) is 7.82. The molecule has 0 saturated carbocycles. The lowest BCUT2D eigenvalue weighted by molar-refractivity contribution is 0.387. The summed E-state index contributed by atoms with van der Waals surface area (Å²) < 4.78 is 0. The maximum atomic E-state index is 5.72. The summed E-state index contributed by atoms with van der Waals surface area (Å²) in [6.45, 7) is 4.62. The minimum atomic E-state index is 0.766. The summed E-state index contributed by atoms with van der Waals surface area (Å²) in [5.74, 6) is 2.56. The van der Waals surface area contributed by atoms with E-state index in [-0.39, 0.29) is 0 Å². The predicted octanol–water partition coefficient (Wildman–Crippen LogP) is 1.72. The van der Waals surface area contributed by atoms with E-state index in [9.17, 15) is 0 Å². The normalized spacial score (nSPS) is 24.7. The van der Waals surface area contributed by atoms with Gasteiger partial charge in [-0.2, -0.15) is 0 Å². The van der Waals surface area contributed by atoms with Gasteiger partial charge in [-0.15, -0.1) is 10.2 Å². The molecule has 2 saturated heterocycles. The molecule has 2 aliphatic rings.